The Morgan fingerprint density at radius 3 is 2.36 bits per heavy atom. The Kier molecular flexibility index (Phi) is 5.96. The first-order valence-electron chi connectivity index (χ1n) is 10.7. The molecular formula is C28H23N3OS. The summed E-state index contributed by atoms with van der Waals surface area (Å²) >= 11 is 1.60. The van der Waals surface area contributed by atoms with Gasteiger partial charge in [0.15, 0.2) is 0 Å². The number of pyridine rings is 1. The largest absolute Gasteiger partial charge is 0.439 e. The second-order valence-corrected chi connectivity index (χ2v) is 8.86. The number of ether oxygens (including phenoxy) is 1. The number of hydrogen-bond acceptors (Lipinski definition) is 4. The zero-order valence-corrected chi connectivity index (χ0v) is 19.3. The van der Waals surface area contributed by atoms with Gasteiger partial charge in [0.1, 0.15) is 10.8 Å². The Morgan fingerprint density at radius 2 is 1.55 bits per heavy atom. The number of aryl methyl sites for hydroxylation is 2. The average molecular weight is 450 g/mol. The van der Waals surface area contributed by atoms with Crippen molar-refractivity contribution >= 4 is 11.8 Å². The van der Waals surface area contributed by atoms with Gasteiger partial charge >= 0.3 is 0 Å². The van der Waals surface area contributed by atoms with E-state index in [9.17, 15) is 0 Å². The van der Waals surface area contributed by atoms with Crippen molar-refractivity contribution in [3.8, 4) is 28.6 Å². The quantitative estimate of drug-likeness (QED) is 0.269. The van der Waals surface area contributed by atoms with Crippen molar-refractivity contribution in [3.05, 3.63) is 115 Å². The van der Waals surface area contributed by atoms with Crippen molar-refractivity contribution in [1.29, 1.82) is 0 Å². The fraction of sp³-hybridized carbons (Fsp3) is 0.0714. The highest BCUT2D eigenvalue weighted by molar-refractivity contribution is 7.99. The zero-order chi connectivity index (χ0) is 22.6. The van der Waals surface area contributed by atoms with E-state index in [1.165, 1.54) is 16.8 Å². The van der Waals surface area contributed by atoms with Crippen LogP contribution in [0.2, 0.25) is 0 Å². The van der Waals surface area contributed by atoms with Crippen LogP contribution < -0.4 is 4.74 Å². The van der Waals surface area contributed by atoms with E-state index in [1.54, 1.807) is 11.8 Å². The molecule has 2 heterocycles. The fourth-order valence-electron chi connectivity index (χ4n) is 3.77. The Bertz CT molecular complexity index is 1380. The van der Waals surface area contributed by atoms with E-state index in [1.807, 2.05) is 54.9 Å². The Morgan fingerprint density at radius 1 is 0.788 bits per heavy atom. The number of aromatic nitrogens is 3. The number of para-hydroxylation sites is 2. The summed E-state index contributed by atoms with van der Waals surface area (Å²) in [7, 11) is 0. The summed E-state index contributed by atoms with van der Waals surface area (Å²) in [5.41, 5.74) is 5.65. The van der Waals surface area contributed by atoms with Gasteiger partial charge in [-0.2, -0.15) is 0 Å². The van der Waals surface area contributed by atoms with Crippen LogP contribution in [0.5, 0.6) is 11.6 Å². The first kappa shape index (κ1) is 21.0. The van der Waals surface area contributed by atoms with Crippen LogP contribution in [0.3, 0.4) is 0 Å². The molecule has 0 radical (unpaired) electrons. The predicted molar refractivity (Wildman–Crippen MR) is 133 cm³/mol. The lowest BCUT2D eigenvalue weighted by atomic mass is 10.1. The highest BCUT2D eigenvalue weighted by atomic mass is 32.2. The lowest BCUT2D eigenvalue weighted by molar-refractivity contribution is 0.458. The predicted octanol–water partition coefficient (Wildman–Crippen LogP) is 7.49. The van der Waals surface area contributed by atoms with Gasteiger partial charge in [0, 0.05) is 22.7 Å². The first-order valence-corrected chi connectivity index (χ1v) is 11.6. The van der Waals surface area contributed by atoms with Crippen molar-refractivity contribution in [3.63, 3.8) is 0 Å². The molecule has 0 aliphatic heterocycles. The molecule has 0 spiro atoms. The van der Waals surface area contributed by atoms with Crippen LogP contribution >= 0.6 is 11.8 Å². The summed E-state index contributed by atoms with van der Waals surface area (Å²) < 4.78 is 7.98. The molecule has 3 aromatic carbocycles. The van der Waals surface area contributed by atoms with Crippen LogP contribution in [-0.2, 0) is 0 Å². The average Bonchev–Trinajstić information content (AvgIpc) is 3.30. The van der Waals surface area contributed by atoms with Gasteiger partial charge in [-0.15, -0.1) is 0 Å². The number of nitrogens with zero attached hydrogens (tertiary/aromatic N) is 3. The molecule has 2 aromatic heterocycles. The number of hydrogen-bond donors (Lipinski definition) is 0. The summed E-state index contributed by atoms with van der Waals surface area (Å²) in [6.07, 6.45) is 3.97. The van der Waals surface area contributed by atoms with Gasteiger partial charge in [0.2, 0.25) is 5.88 Å². The van der Waals surface area contributed by atoms with Gasteiger partial charge in [-0.1, -0.05) is 66.4 Å². The normalized spacial score (nSPS) is 10.8. The Balaban J connectivity index is 1.37. The standard InChI is InChI=1S/C28H23N3OS/c1-20-9-6-10-21(2)28(20)31-18-25(29-19-31)22-11-7-14-24(17-22)33-27-16-8-15-26(30-27)32-23-12-4-3-5-13-23/h3-19H,1-2H3. The second-order valence-electron chi connectivity index (χ2n) is 7.77. The van der Waals surface area contributed by atoms with Crippen molar-refractivity contribution in [1.82, 2.24) is 14.5 Å². The molecule has 5 heteroatoms. The van der Waals surface area contributed by atoms with Crippen LogP contribution in [0.4, 0.5) is 0 Å². The molecule has 0 N–H and O–H groups in total. The summed E-state index contributed by atoms with van der Waals surface area (Å²) in [4.78, 5) is 10.4. The van der Waals surface area contributed by atoms with E-state index in [0.29, 0.717) is 5.88 Å². The molecule has 0 unspecified atom stereocenters. The maximum Gasteiger partial charge on any atom is 0.220 e. The Labute approximate surface area is 197 Å². The van der Waals surface area contributed by atoms with Crippen LogP contribution in [-0.4, -0.2) is 14.5 Å². The molecule has 0 bridgehead atoms. The third-order valence-corrected chi connectivity index (χ3v) is 6.22. The van der Waals surface area contributed by atoms with Crippen molar-refractivity contribution in [2.75, 3.05) is 0 Å². The molecule has 162 valence electrons. The topological polar surface area (TPSA) is 39.9 Å². The third kappa shape index (κ3) is 4.83. The van der Waals surface area contributed by atoms with E-state index in [0.717, 1.165) is 26.9 Å². The highest BCUT2D eigenvalue weighted by Gasteiger charge is 2.09. The van der Waals surface area contributed by atoms with Gasteiger partial charge in [-0.05, 0) is 55.3 Å². The van der Waals surface area contributed by atoms with Gasteiger partial charge in [-0.3, -0.25) is 0 Å². The van der Waals surface area contributed by atoms with Crippen LogP contribution in [0.25, 0.3) is 16.9 Å². The van der Waals surface area contributed by atoms with E-state index in [4.69, 9.17) is 4.74 Å². The van der Waals surface area contributed by atoms with Gasteiger partial charge in [-0.25, -0.2) is 9.97 Å². The minimum absolute atomic E-state index is 0.578. The zero-order valence-electron chi connectivity index (χ0n) is 18.5. The molecule has 4 nitrogen and oxygen atoms in total. The van der Waals surface area contributed by atoms with E-state index >= 15 is 0 Å². The molecule has 0 atom stereocenters. The molecule has 33 heavy (non-hydrogen) atoms. The summed E-state index contributed by atoms with van der Waals surface area (Å²) in [6, 6.07) is 30.2. The molecule has 0 fully saturated rings. The van der Waals surface area contributed by atoms with Crippen molar-refractivity contribution < 1.29 is 4.74 Å². The molecule has 0 amide bonds. The molecule has 5 aromatic rings. The fourth-order valence-corrected chi connectivity index (χ4v) is 4.62. The van der Waals surface area contributed by atoms with Crippen LogP contribution in [0.1, 0.15) is 11.1 Å². The maximum absolute atomic E-state index is 5.88. The minimum atomic E-state index is 0.578. The minimum Gasteiger partial charge on any atom is -0.439 e. The monoisotopic (exact) mass is 449 g/mol. The van der Waals surface area contributed by atoms with Crippen LogP contribution in [0.15, 0.2) is 113 Å². The van der Waals surface area contributed by atoms with Gasteiger partial charge in [0.05, 0.1) is 17.7 Å². The second kappa shape index (κ2) is 9.35. The summed E-state index contributed by atoms with van der Waals surface area (Å²) in [6.45, 7) is 4.25. The lowest BCUT2D eigenvalue weighted by Crippen LogP contribution is -1.96. The Hall–Kier alpha value is -3.83. The van der Waals surface area contributed by atoms with Gasteiger partial charge in [0.25, 0.3) is 0 Å². The molecule has 0 saturated heterocycles. The van der Waals surface area contributed by atoms with Crippen molar-refractivity contribution in [2.24, 2.45) is 0 Å². The number of benzene rings is 3. The molecule has 5 rings (SSSR count). The molecule has 0 aliphatic carbocycles. The highest BCUT2D eigenvalue weighted by Crippen LogP contribution is 2.31. The number of rotatable bonds is 6. The molecule has 0 aliphatic rings. The summed E-state index contributed by atoms with van der Waals surface area (Å²) in [5.74, 6) is 1.35. The SMILES string of the molecule is Cc1cccc(C)c1-n1cnc(-c2cccc(Sc3cccc(Oc4ccccc4)n3)c2)c1. The van der Waals surface area contributed by atoms with E-state index in [-0.39, 0.29) is 0 Å². The third-order valence-electron chi connectivity index (χ3n) is 5.30. The smallest absolute Gasteiger partial charge is 0.220 e. The van der Waals surface area contributed by atoms with Crippen molar-refractivity contribution in [2.45, 2.75) is 23.8 Å². The maximum atomic E-state index is 5.88. The first-order chi connectivity index (χ1) is 16.2. The van der Waals surface area contributed by atoms with E-state index < -0.39 is 0 Å². The molecular weight excluding hydrogens is 426 g/mol. The summed E-state index contributed by atoms with van der Waals surface area (Å²) in [5, 5.41) is 0.877. The van der Waals surface area contributed by atoms with Crippen LogP contribution in [0, 0.1) is 13.8 Å². The van der Waals surface area contributed by atoms with E-state index in [2.05, 4.69) is 77.0 Å². The molecule has 0 saturated carbocycles. The number of imidazole rings is 1. The van der Waals surface area contributed by atoms with Gasteiger partial charge < -0.3 is 9.30 Å². The lowest BCUT2D eigenvalue weighted by Gasteiger charge is -2.09.